The monoisotopic (exact) mass is 505 g/mol. The Hall–Kier alpha value is -2.61. The number of carbonyl (C=O) groups excluding carboxylic acids is 3. The molecule has 0 spiro atoms. The van der Waals surface area contributed by atoms with Crippen LogP contribution in [0.4, 0.5) is 4.79 Å². The molecule has 8 nitrogen and oxygen atoms in total. The second-order valence-electron chi connectivity index (χ2n) is 10.1. The minimum absolute atomic E-state index is 0.269. The number of aliphatic hydroxyl groups excluding tert-OH is 1. The molecule has 0 aliphatic rings. The van der Waals surface area contributed by atoms with Gasteiger partial charge in [0.1, 0.15) is 17.7 Å². The van der Waals surface area contributed by atoms with Gasteiger partial charge in [-0.2, -0.15) is 0 Å². The van der Waals surface area contributed by atoms with E-state index in [-0.39, 0.29) is 5.91 Å². The summed E-state index contributed by atoms with van der Waals surface area (Å²) in [6, 6.07) is 5.58. The molecule has 2 unspecified atom stereocenters. The highest BCUT2D eigenvalue weighted by Crippen LogP contribution is 2.24. The van der Waals surface area contributed by atoms with Gasteiger partial charge in [-0.05, 0) is 51.2 Å². The summed E-state index contributed by atoms with van der Waals surface area (Å²) in [5.74, 6) is -0.790. The molecule has 36 heavy (non-hydrogen) atoms. The van der Waals surface area contributed by atoms with Crippen LogP contribution in [-0.2, 0) is 20.7 Å². The van der Waals surface area contributed by atoms with Gasteiger partial charge < -0.3 is 25.4 Å². The van der Waals surface area contributed by atoms with Gasteiger partial charge in [0.25, 0.3) is 0 Å². The molecule has 3 amide bonds. The molecule has 0 fully saturated rings. The van der Waals surface area contributed by atoms with E-state index >= 15 is 0 Å². The van der Waals surface area contributed by atoms with Gasteiger partial charge in [0.2, 0.25) is 11.8 Å². The van der Waals surface area contributed by atoms with E-state index in [9.17, 15) is 19.5 Å². The fraction of sp³-hybridized carbons (Fsp3) is 0.679. The summed E-state index contributed by atoms with van der Waals surface area (Å²) in [6.45, 7) is 11.6. The Morgan fingerprint density at radius 1 is 0.972 bits per heavy atom. The second kappa shape index (κ2) is 16.2. The van der Waals surface area contributed by atoms with Gasteiger partial charge in [-0.3, -0.25) is 9.59 Å². The molecule has 1 rings (SSSR count). The van der Waals surface area contributed by atoms with E-state index in [4.69, 9.17) is 4.74 Å². The molecule has 0 aromatic heterocycles. The Balaban J connectivity index is 3.32. The van der Waals surface area contributed by atoms with Crippen LogP contribution in [0.15, 0.2) is 24.3 Å². The summed E-state index contributed by atoms with van der Waals surface area (Å²) < 4.78 is 5.28. The number of hydrogen-bond acceptors (Lipinski definition) is 5. The molecule has 0 radical (unpaired) electrons. The molecule has 0 aliphatic heterocycles. The minimum Gasteiger partial charge on any atom is -0.444 e. The quantitative estimate of drug-likeness (QED) is 0.304. The van der Waals surface area contributed by atoms with Gasteiger partial charge in [-0.15, -0.1) is 0 Å². The lowest BCUT2D eigenvalue weighted by Gasteiger charge is -2.34. The number of aryl methyl sites for hydroxylation is 1. The van der Waals surface area contributed by atoms with Crippen LogP contribution in [0.1, 0.15) is 97.2 Å². The Morgan fingerprint density at radius 2 is 1.58 bits per heavy atom. The van der Waals surface area contributed by atoms with E-state index in [0.717, 1.165) is 44.1 Å². The Kier molecular flexibility index (Phi) is 14.1. The third-order valence-corrected chi connectivity index (χ3v) is 5.80. The van der Waals surface area contributed by atoms with Crippen LogP contribution in [0.2, 0.25) is 0 Å². The van der Waals surface area contributed by atoms with Crippen molar-refractivity contribution in [2.45, 2.75) is 104 Å². The van der Waals surface area contributed by atoms with Crippen molar-refractivity contribution in [2.75, 3.05) is 19.7 Å². The molecular formula is C28H47N3O5. The highest BCUT2D eigenvalue weighted by Gasteiger charge is 2.35. The van der Waals surface area contributed by atoms with Crippen molar-refractivity contribution in [1.82, 2.24) is 15.5 Å². The molecule has 0 bridgehead atoms. The molecule has 8 heteroatoms. The topological polar surface area (TPSA) is 108 Å². The Labute approximate surface area is 217 Å². The normalized spacial score (nSPS) is 13.0. The lowest BCUT2D eigenvalue weighted by atomic mass is 10.00. The first-order chi connectivity index (χ1) is 17.1. The summed E-state index contributed by atoms with van der Waals surface area (Å²) in [5.41, 5.74) is 1.07. The molecule has 0 saturated heterocycles. The maximum atomic E-state index is 13.7. The van der Waals surface area contributed by atoms with Crippen LogP contribution in [0.5, 0.6) is 0 Å². The molecule has 1 aromatic carbocycles. The number of benzene rings is 1. The molecular weight excluding hydrogens is 458 g/mol. The fourth-order valence-electron chi connectivity index (χ4n) is 3.83. The van der Waals surface area contributed by atoms with Crippen molar-refractivity contribution < 1.29 is 24.2 Å². The van der Waals surface area contributed by atoms with Crippen molar-refractivity contribution in [2.24, 2.45) is 0 Å². The van der Waals surface area contributed by atoms with Crippen molar-refractivity contribution in [3.8, 4) is 0 Å². The van der Waals surface area contributed by atoms with Crippen LogP contribution in [0.3, 0.4) is 0 Å². The maximum Gasteiger partial charge on any atom is 0.408 e. The highest BCUT2D eigenvalue weighted by molar-refractivity contribution is 5.92. The van der Waals surface area contributed by atoms with Crippen LogP contribution >= 0.6 is 0 Å². The molecule has 1 aromatic rings. The predicted molar refractivity (Wildman–Crippen MR) is 143 cm³/mol. The van der Waals surface area contributed by atoms with E-state index in [1.165, 1.54) is 4.90 Å². The number of nitrogens with one attached hydrogen (secondary N) is 2. The molecule has 0 heterocycles. The van der Waals surface area contributed by atoms with Crippen LogP contribution in [0.25, 0.3) is 0 Å². The largest absolute Gasteiger partial charge is 0.444 e. The van der Waals surface area contributed by atoms with E-state index in [1.807, 2.05) is 24.3 Å². The molecule has 204 valence electrons. The zero-order valence-corrected chi connectivity index (χ0v) is 23.1. The standard InChI is InChI=1S/C28H47N3O5/c1-7-10-12-18-29-25(33)24(22-16-14-21(9-3)15-17-22)31(19-13-11-8-2)26(34)23(20-32)30-27(35)36-28(4,5)6/h14-17,23-24,32H,7-13,18-20H2,1-6H3,(H,29,33)(H,30,35). The number of aliphatic hydroxyl groups is 1. The van der Waals surface area contributed by atoms with Gasteiger partial charge in [-0.25, -0.2) is 4.79 Å². The molecule has 3 N–H and O–H groups in total. The number of rotatable bonds is 15. The van der Waals surface area contributed by atoms with Gasteiger partial charge in [0.15, 0.2) is 0 Å². The number of amides is 3. The lowest BCUT2D eigenvalue weighted by Crippen LogP contribution is -2.54. The smallest absolute Gasteiger partial charge is 0.408 e. The van der Waals surface area contributed by atoms with E-state index in [1.54, 1.807) is 20.8 Å². The fourth-order valence-corrected chi connectivity index (χ4v) is 3.83. The summed E-state index contributed by atoms with van der Waals surface area (Å²) in [5, 5.41) is 15.5. The third kappa shape index (κ3) is 11.0. The first kappa shape index (κ1) is 31.4. The van der Waals surface area contributed by atoms with E-state index in [2.05, 4.69) is 31.4 Å². The zero-order valence-electron chi connectivity index (χ0n) is 23.1. The van der Waals surface area contributed by atoms with Crippen molar-refractivity contribution in [3.05, 3.63) is 35.4 Å². The summed E-state index contributed by atoms with van der Waals surface area (Å²) in [7, 11) is 0. The molecule has 0 saturated carbocycles. The summed E-state index contributed by atoms with van der Waals surface area (Å²) in [4.78, 5) is 41.0. The molecule has 2 atom stereocenters. The number of nitrogens with zero attached hydrogens (tertiary/aromatic N) is 1. The Bertz CT molecular complexity index is 804. The second-order valence-corrected chi connectivity index (χ2v) is 10.1. The average molecular weight is 506 g/mol. The van der Waals surface area contributed by atoms with Crippen molar-refractivity contribution in [1.29, 1.82) is 0 Å². The number of unbranched alkanes of at least 4 members (excludes halogenated alkanes) is 4. The summed E-state index contributed by atoms with van der Waals surface area (Å²) in [6.07, 6.45) is 5.48. The van der Waals surface area contributed by atoms with Crippen LogP contribution < -0.4 is 10.6 Å². The van der Waals surface area contributed by atoms with Gasteiger partial charge in [-0.1, -0.05) is 70.7 Å². The summed E-state index contributed by atoms with van der Waals surface area (Å²) >= 11 is 0. The van der Waals surface area contributed by atoms with Gasteiger partial charge in [0, 0.05) is 13.1 Å². The van der Waals surface area contributed by atoms with E-state index in [0.29, 0.717) is 25.1 Å². The average Bonchev–Trinajstić information content (AvgIpc) is 2.83. The van der Waals surface area contributed by atoms with Crippen LogP contribution in [0, 0.1) is 0 Å². The van der Waals surface area contributed by atoms with Crippen molar-refractivity contribution in [3.63, 3.8) is 0 Å². The third-order valence-electron chi connectivity index (χ3n) is 5.80. The number of carbonyl (C=O) groups is 3. The molecule has 0 aliphatic carbocycles. The SMILES string of the molecule is CCCCCNC(=O)C(c1ccc(CC)cc1)N(CCCCC)C(=O)C(CO)NC(=O)OC(C)(C)C. The van der Waals surface area contributed by atoms with Crippen LogP contribution in [-0.4, -0.2) is 59.3 Å². The van der Waals surface area contributed by atoms with Gasteiger partial charge in [0.05, 0.1) is 6.61 Å². The lowest BCUT2D eigenvalue weighted by molar-refractivity contribution is -0.143. The minimum atomic E-state index is -1.23. The zero-order chi connectivity index (χ0) is 27.1. The van der Waals surface area contributed by atoms with E-state index < -0.39 is 36.3 Å². The number of ether oxygens (including phenoxy) is 1. The maximum absolute atomic E-state index is 13.7. The first-order valence-electron chi connectivity index (χ1n) is 13.3. The number of alkyl carbamates (subject to hydrolysis) is 1. The van der Waals surface area contributed by atoms with Gasteiger partial charge >= 0.3 is 6.09 Å². The highest BCUT2D eigenvalue weighted by atomic mass is 16.6. The first-order valence-corrected chi connectivity index (χ1v) is 13.3. The predicted octanol–water partition coefficient (Wildman–Crippen LogP) is 4.50. The van der Waals surface area contributed by atoms with Crippen molar-refractivity contribution >= 4 is 17.9 Å². The Morgan fingerprint density at radius 3 is 2.11 bits per heavy atom. The number of hydrogen-bond donors (Lipinski definition) is 3.